The first-order valence-corrected chi connectivity index (χ1v) is 7.49. The lowest BCUT2D eigenvalue weighted by Crippen LogP contribution is -2.48. The smallest absolute Gasteiger partial charge is 0.278 e. The van der Waals surface area contributed by atoms with Crippen LogP contribution >= 0.6 is 11.6 Å². The summed E-state index contributed by atoms with van der Waals surface area (Å²) in [6.45, 7) is 2.80. The van der Waals surface area contributed by atoms with Crippen LogP contribution in [0.15, 0.2) is 23.0 Å². The van der Waals surface area contributed by atoms with Gasteiger partial charge in [0.05, 0.1) is 10.9 Å². The molecule has 6 nitrogen and oxygen atoms in total. The molecule has 1 aliphatic heterocycles. The summed E-state index contributed by atoms with van der Waals surface area (Å²) in [7, 11) is 3.73. The molecule has 22 heavy (non-hydrogen) atoms. The Kier molecular flexibility index (Phi) is 3.88. The van der Waals surface area contributed by atoms with Crippen molar-refractivity contribution in [3.8, 4) is 0 Å². The number of halogens is 1. The van der Waals surface area contributed by atoms with E-state index in [1.807, 2.05) is 7.05 Å². The van der Waals surface area contributed by atoms with Gasteiger partial charge in [-0.15, -0.1) is 0 Å². The molecule has 0 atom stereocenters. The average molecular weight is 321 g/mol. The van der Waals surface area contributed by atoms with Crippen LogP contribution in [0.5, 0.6) is 0 Å². The van der Waals surface area contributed by atoms with Crippen LogP contribution in [-0.2, 0) is 7.05 Å². The normalized spacial score (nSPS) is 16.2. The van der Waals surface area contributed by atoms with Crippen molar-refractivity contribution in [1.82, 2.24) is 19.6 Å². The van der Waals surface area contributed by atoms with Gasteiger partial charge in [-0.05, 0) is 25.2 Å². The quantitative estimate of drug-likeness (QED) is 0.786. The summed E-state index contributed by atoms with van der Waals surface area (Å²) in [6, 6.07) is 5.02. The van der Waals surface area contributed by atoms with Gasteiger partial charge in [-0.3, -0.25) is 14.3 Å². The topological polar surface area (TPSA) is 58.4 Å². The van der Waals surface area contributed by atoms with Crippen molar-refractivity contribution >= 4 is 28.4 Å². The fourth-order valence-corrected chi connectivity index (χ4v) is 2.82. The molecule has 0 bridgehead atoms. The molecular weight excluding hydrogens is 304 g/mol. The van der Waals surface area contributed by atoms with Crippen molar-refractivity contribution in [2.24, 2.45) is 7.05 Å². The summed E-state index contributed by atoms with van der Waals surface area (Å²) in [4.78, 5) is 29.0. The van der Waals surface area contributed by atoms with Gasteiger partial charge in [0.1, 0.15) is 0 Å². The number of piperazine rings is 1. The first kappa shape index (κ1) is 15.0. The molecule has 1 aliphatic rings. The number of aromatic nitrogens is 2. The SMILES string of the molecule is CN1CCN(C(=O)c2nn(C)c3ccc(Cl)cc3c2=O)CC1. The number of carbonyl (C=O) groups excluding carboxylic acids is 1. The van der Waals surface area contributed by atoms with E-state index in [-0.39, 0.29) is 17.0 Å². The van der Waals surface area contributed by atoms with Gasteiger partial charge >= 0.3 is 0 Å². The lowest BCUT2D eigenvalue weighted by molar-refractivity contribution is 0.0655. The second-order valence-electron chi connectivity index (χ2n) is 5.56. The zero-order valence-electron chi connectivity index (χ0n) is 12.5. The Morgan fingerprint density at radius 2 is 1.86 bits per heavy atom. The van der Waals surface area contributed by atoms with Crippen LogP contribution < -0.4 is 5.43 Å². The highest BCUT2D eigenvalue weighted by atomic mass is 35.5. The summed E-state index contributed by atoms with van der Waals surface area (Å²) in [6.07, 6.45) is 0. The van der Waals surface area contributed by atoms with Gasteiger partial charge in [0.25, 0.3) is 5.91 Å². The zero-order chi connectivity index (χ0) is 15.9. The van der Waals surface area contributed by atoms with E-state index in [0.29, 0.717) is 29.0 Å². The van der Waals surface area contributed by atoms with Gasteiger partial charge in [-0.1, -0.05) is 11.6 Å². The van der Waals surface area contributed by atoms with Crippen LogP contribution in [-0.4, -0.2) is 58.7 Å². The molecule has 0 radical (unpaired) electrons. The third-order valence-electron chi connectivity index (χ3n) is 4.01. The maximum Gasteiger partial charge on any atom is 0.278 e. The highest BCUT2D eigenvalue weighted by molar-refractivity contribution is 6.31. The van der Waals surface area contributed by atoms with Crippen molar-refractivity contribution in [3.63, 3.8) is 0 Å². The number of aryl methyl sites for hydroxylation is 1. The van der Waals surface area contributed by atoms with Gasteiger partial charge in [0.15, 0.2) is 5.69 Å². The predicted molar refractivity (Wildman–Crippen MR) is 85.4 cm³/mol. The predicted octanol–water partition coefficient (Wildman–Crippen LogP) is 0.974. The van der Waals surface area contributed by atoms with E-state index in [1.165, 1.54) is 0 Å². The molecule has 3 rings (SSSR count). The van der Waals surface area contributed by atoms with Gasteiger partial charge in [-0.2, -0.15) is 5.10 Å². The number of amides is 1. The maximum absolute atomic E-state index is 12.6. The molecule has 2 heterocycles. The summed E-state index contributed by atoms with van der Waals surface area (Å²) >= 11 is 5.97. The molecule has 1 aromatic heterocycles. The lowest BCUT2D eigenvalue weighted by Gasteiger charge is -2.32. The number of likely N-dealkylation sites (N-methyl/N-ethyl adjacent to an activating group) is 1. The van der Waals surface area contributed by atoms with Gasteiger partial charge < -0.3 is 9.80 Å². The minimum Gasteiger partial charge on any atom is -0.335 e. The molecule has 1 aromatic carbocycles. The standard InChI is InChI=1S/C15H17ClN4O2/c1-18-5-7-20(8-6-18)15(22)13-14(21)11-9-10(16)3-4-12(11)19(2)17-13/h3-4,9H,5-8H2,1-2H3. The van der Waals surface area contributed by atoms with E-state index < -0.39 is 0 Å². The van der Waals surface area contributed by atoms with E-state index in [2.05, 4.69) is 10.00 Å². The van der Waals surface area contributed by atoms with Crippen molar-refractivity contribution in [3.05, 3.63) is 39.1 Å². The summed E-state index contributed by atoms with van der Waals surface area (Å²) in [5, 5.41) is 5.07. The molecule has 1 saturated heterocycles. The summed E-state index contributed by atoms with van der Waals surface area (Å²) in [5.41, 5.74) is 0.255. The molecule has 0 saturated carbocycles. The van der Waals surface area contributed by atoms with Crippen LogP contribution in [0.1, 0.15) is 10.5 Å². The highest BCUT2D eigenvalue weighted by Gasteiger charge is 2.25. The Bertz CT molecular complexity index is 794. The number of carbonyl (C=O) groups is 1. The largest absolute Gasteiger partial charge is 0.335 e. The third-order valence-corrected chi connectivity index (χ3v) is 4.25. The molecule has 116 valence electrons. The Balaban J connectivity index is 2.05. The van der Waals surface area contributed by atoms with Crippen LogP contribution in [0.3, 0.4) is 0 Å². The molecule has 7 heteroatoms. The minimum absolute atomic E-state index is 0.0400. The second kappa shape index (κ2) is 5.70. The first-order chi connectivity index (χ1) is 10.5. The average Bonchev–Trinajstić information content (AvgIpc) is 2.51. The minimum atomic E-state index is -0.362. The van der Waals surface area contributed by atoms with E-state index in [4.69, 9.17) is 11.6 Å². The van der Waals surface area contributed by atoms with Crippen LogP contribution in [0, 0.1) is 0 Å². The molecule has 1 amide bonds. The number of benzene rings is 1. The van der Waals surface area contributed by atoms with Crippen molar-refractivity contribution in [2.75, 3.05) is 33.2 Å². The van der Waals surface area contributed by atoms with Gasteiger partial charge in [0, 0.05) is 38.2 Å². The number of fused-ring (bicyclic) bond motifs is 1. The first-order valence-electron chi connectivity index (χ1n) is 7.12. The maximum atomic E-state index is 12.6. The Hall–Kier alpha value is -1.92. The van der Waals surface area contributed by atoms with Crippen molar-refractivity contribution < 1.29 is 4.79 Å². The highest BCUT2D eigenvalue weighted by Crippen LogP contribution is 2.16. The molecular formula is C15H17ClN4O2. The van der Waals surface area contributed by atoms with Crippen molar-refractivity contribution in [2.45, 2.75) is 0 Å². The molecule has 0 unspecified atom stereocenters. The number of rotatable bonds is 1. The molecule has 1 fully saturated rings. The number of nitrogens with zero attached hydrogens (tertiary/aromatic N) is 4. The Morgan fingerprint density at radius 1 is 1.18 bits per heavy atom. The van der Waals surface area contributed by atoms with Gasteiger partial charge in [0.2, 0.25) is 5.43 Å². The van der Waals surface area contributed by atoms with Gasteiger partial charge in [-0.25, -0.2) is 0 Å². The third kappa shape index (κ3) is 2.60. The molecule has 2 aromatic rings. The summed E-state index contributed by atoms with van der Waals surface area (Å²) < 4.78 is 1.55. The second-order valence-corrected chi connectivity index (χ2v) is 5.99. The number of hydrogen-bond donors (Lipinski definition) is 0. The van der Waals surface area contributed by atoms with E-state index >= 15 is 0 Å². The Labute approximate surface area is 132 Å². The fourth-order valence-electron chi connectivity index (χ4n) is 2.65. The molecule has 0 N–H and O–H groups in total. The molecule has 0 spiro atoms. The zero-order valence-corrected chi connectivity index (χ0v) is 13.3. The number of hydrogen-bond acceptors (Lipinski definition) is 4. The monoisotopic (exact) mass is 320 g/mol. The molecule has 0 aliphatic carbocycles. The summed E-state index contributed by atoms with van der Waals surface area (Å²) in [5.74, 6) is -0.310. The van der Waals surface area contributed by atoms with Crippen LogP contribution in [0.25, 0.3) is 10.9 Å². The Morgan fingerprint density at radius 3 is 2.55 bits per heavy atom. The van der Waals surface area contributed by atoms with E-state index in [0.717, 1.165) is 13.1 Å². The fraction of sp³-hybridized carbons (Fsp3) is 0.400. The lowest BCUT2D eigenvalue weighted by atomic mass is 10.2. The van der Waals surface area contributed by atoms with Crippen LogP contribution in [0.2, 0.25) is 5.02 Å². The van der Waals surface area contributed by atoms with Crippen LogP contribution in [0.4, 0.5) is 0 Å². The van der Waals surface area contributed by atoms with Crippen molar-refractivity contribution in [1.29, 1.82) is 0 Å². The van der Waals surface area contributed by atoms with E-state index in [9.17, 15) is 9.59 Å². The van der Waals surface area contributed by atoms with E-state index in [1.54, 1.807) is 34.8 Å².